The lowest BCUT2D eigenvalue weighted by atomic mass is 9.97. The maximum atomic E-state index is 5.05. The fraction of sp³-hybridized carbons (Fsp3) is 0.222. The Morgan fingerprint density at radius 1 is 1.80 bits per heavy atom. The molecule has 0 bridgehead atoms. The van der Waals surface area contributed by atoms with Gasteiger partial charge in [0.05, 0.1) is 0 Å². The molecule has 0 aromatic rings. The number of thiocarbonyl (C=S) groups is 1. The molecule has 0 aromatic carbocycles. The highest BCUT2D eigenvalue weighted by atomic mass is 32.1. The third-order valence-electron chi connectivity index (χ3n) is 1.42. The molecule has 1 radical (unpaired) electrons. The first kappa shape index (κ1) is 7.42. The summed E-state index contributed by atoms with van der Waals surface area (Å²) < 4.78 is 0. The van der Waals surface area contributed by atoms with Crippen molar-refractivity contribution in [2.45, 2.75) is 6.42 Å². The molecular formula is C9H9S. The lowest BCUT2D eigenvalue weighted by molar-refractivity contribution is 0.893. The first-order chi connectivity index (χ1) is 4.84. The Morgan fingerprint density at radius 2 is 2.60 bits per heavy atom. The van der Waals surface area contributed by atoms with Gasteiger partial charge < -0.3 is 0 Å². The fourth-order valence-corrected chi connectivity index (χ4v) is 1.12. The summed E-state index contributed by atoms with van der Waals surface area (Å²) in [5.41, 5.74) is 0. The van der Waals surface area contributed by atoms with Gasteiger partial charge >= 0.3 is 0 Å². The van der Waals surface area contributed by atoms with Gasteiger partial charge in [0.2, 0.25) is 0 Å². The summed E-state index contributed by atoms with van der Waals surface area (Å²) in [7, 11) is 0. The normalized spacial score (nSPS) is 23.2. The minimum Gasteiger partial charge on any atom is -0.103 e. The van der Waals surface area contributed by atoms with E-state index in [1.54, 1.807) is 0 Å². The SMILES string of the molecule is C=CCC1C=CC=[C]C1=S. The summed E-state index contributed by atoms with van der Waals surface area (Å²) in [5.74, 6) is 0.359. The van der Waals surface area contributed by atoms with Crippen LogP contribution in [0.4, 0.5) is 0 Å². The molecule has 0 aromatic heterocycles. The molecule has 0 fully saturated rings. The molecule has 0 saturated carbocycles. The first-order valence-corrected chi connectivity index (χ1v) is 3.66. The van der Waals surface area contributed by atoms with Crippen LogP contribution in [0.25, 0.3) is 0 Å². The monoisotopic (exact) mass is 149 g/mol. The molecule has 1 heteroatoms. The molecule has 10 heavy (non-hydrogen) atoms. The van der Waals surface area contributed by atoms with Crippen molar-refractivity contribution in [3.05, 3.63) is 37.0 Å². The molecule has 0 spiro atoms. The van der Waals surface area contributed by atoms with Crippen molar-refractivity contribution < 1.29 is 0 Å². The number of hydrogen-bond donors (Lipinski definition) is 0. The zero-order valence-electron chi connectivity index (χ0n) is 5.71. The van der Waals surface area contributed by atoms with Crippen molar-refractivity contribution in [1.82, 2.24) is 0 Å². The average molecular weight is 149 g/mol. The van der Waals surface area contributed by atoms with Crippen LogP contribution in [0.15, 0.2) is 30.9 Å². The Kier molecular flexibility index (Phi) is 2.57. The minimum absolute atomic E-state index is 0.359. The Morgan fingerprint density at radius 3 is 3.20 bits per heavy atom. The summed E-state index contributed by atoms with van der Waals surface area (Å²) in [6, 6.07) is 0. The van der Waals surface area contributed by atoms with Crippen molar-refractivity contribution >= 4 is 17.1 Å². The lowest BCUT2D eigenvalue weighted by Gasteiger charge is -2.09. The number of hydrogen-bond acceptors (Lipinski definition) is 1. The van der Waals surface area contributed by atoms with Crippen LogP contribution in [-0.2, 0) is 0 Å². The van der Waals surface area contributed by atoms with Crippen LogP contribution in [0.1, 0.15) is 6.42 Å². The highest BCUT2D eigenvalue weighted by molar-refractivity contribution is 7.80. The van der Waals surface area contributed by atoms with E-state index in [2.05, 4.69) is 18.7 Å². The van der Waals surface area contributed by atoms with Crippen molar-refractivity contribution in [2.24, 2.45) is 5.92 Å². The molecule has 0 nitrogen and oxygen atoms in total. The fourth-order valence-electron chi connectivity index (χ4n) is 0.880. The second kappa shape index (κ2) is 3.47. The Balaban J connectivity index is 2.60. The van der Waals surface area contributed by atoms with Gasteiger partial charge in [-0.05, 0) is 12.5 Å². The van der Waals surface area contributed by atoms with Crippen molar-refractivity contribution in [3.8, 4) is 0 Å². The largest absolute Gasteiger partial charge is 0.103 e. The van der Waals surface area contributed by atoms with Crippen molar-refractivity contribution in [1.29, 1.82) is 0 Å². The van der Waals surface area contributed by atoms with Gasteiger partial charge in [-0.2, -0.15) is 0 Å². The highest BCUT2D eigenvalue weighted by Gasteiger charge is 2.08. The van der Waals surface area contributed by atoms with Gasteiger partial charge in [-0.25, -0.2) is 0 Å². The molecule has 0 N–H and O–H groups in total. The van der Waals surface area contributed by atoms with E-state index in [-0.39, 0.29) is 0 Å². The molecule has 1 unspecified atom stereocenters. The second-order valence-corrected chi connectivity index (χ2v) is 2.63. The average Bonchev–Trinajstić information content (AvgIpc) is 1.94. The van der Waals surface area contributed by atoms with Crippen molar-refractivity contribution in [2.75, 3.05) is 0 Å². The minimum atomic E-state index is 0.359. The quantitative estimate of drug-likeness (QED) is 0.429. The smallest absolute Gasteiger partial charge is 0.0302 e. The van der Waals surface area contributed by atoms with Gasteiger partial charge in [-0.1, -0.05) is 36.5 Å². The third-order valence-corrected chi connectivity index (χ3v) is 1.84. The van der Waals surface area contributed by atoms with Gasteiger partial charge in [0.1, 0.15) is 0 Å². The summed E-state index contributed by atoms with van der Waals surface area (Å²) in [6.45, 7) is 3.66. The highest BCUT2D eigenvalue weighted by Crippen LogP contribution is 2.12. The molecule has 1 rings (SSSR count). The van der Waals surface area contributed by atoms with Gasteiger partial charge in [-0.15, -0.1) is 6.58 Å². The van der Waals surface area contributed by atoms with E-state index in [0.29, 0.717) is 5.92 Å². The summed E-state index contributed by atoms with van der Waals surface area (Å²) in [4.78, 5) is 0.891. The molecule has 0 heterocycles. The van der Waals surface area contributed by atoms with Gasteiger partial charge in [0, 0.05) is 10.8 Å². The van der Waals surface area contributed by atoms with Crippen LogP contribution in [0, 0.1) is 12.0 Å². The van der Waals surface area contributed by atoms with E-state index in [1.165, 1.54) is 0 Å². The van der Waals surface area contributed by atoms with Crippen LogP contribution in [0.3, 0.4) is 0 Å². The maximum absolute atomic E-state index is 5.05. The van der Waals surface area contributed by atoms with E-state index in [9.17, 15) is 0 Å². The van der Waals surface area contributed by atoms with E-state index in [1.807, 2.05) is 18.2 Å². The zero-order valence-corrected chi connectivity index (χ0v) is 6.53. The summed E-state index contributed by atoms with van der Waals surface area (Å²) in [5, 5.41) is 0. The molecule has 0 amide bonds. The Bertz CT molecular complexity index is 199. The third kappa shape index (κ3) is 1.64. The molecule has 1 atom stereocenters. The Labute approximate surface area is 66.9 Å². The number of allylic oxidation sites excluding steroid dienone is 5. The van der Waals surface area contributed by atoms with Crippen LogP contribution in [0.2, 0.25) is 0 Å². The van der Waals surface area contributed by atoms with E-state index < -0.39 is 0 Å². The van der Waals surface area contributed by atoms with Crippen LogP contribution >= 0.6 is 12.2 Å². The van der Waals surface area contributed by atoms with Gasteiger partial charge in [0.15, 0.2) is 0 Å². The molecular weight excluding hydrogens is 140 g/mol. The van der Waals surface area contributed by atoms with Gasteiger partial charge in [0.25, 0.3) is 0 Å². The standard InChI is InChI=1S/C9H9S/c1-2-5-8-6-3-4-7-9(8)10/h2-4,6,8H,1,5H2. The van der Waals surface area contributed by atoms with E-state index >= 15 is 0 Å². The zero-order chi connectivity index (χ0) is 7.40. The first-order valence-electron chi connectivity index (χ1n) is 3.26. The lowest BCUT2D eigenvalue weighted by Crippen LogP contribution is -2.08. The van der Waals surface area contributed by atoms with Crippen LogP contribution in [-0.4, -0.2) is 4.86 Å². The van der Waals surface area contributed by atoms with Crippen LogP contribution < -0.4 is 0 Å². The maximum Gasteiger partial charge on any atom is 0.0302 e. The second-order valence-electron chi connectivity index (χ2n) is 2.19. The molecule has 51 valence electrons. The van der Waals surface area contributed by atoms with Gasteiger partial charge in [-0.3, -0.25) is 0 Å². The molecule has 0 aliphatic heterocycles. The van der Waals surface area contributed by atoms with E-state index in [4.69, 9.17) is 12.2 Å². The summed E-state index contributed by atoms with van der Waals surface area (Å²) >= 11 is 5.05. The number of rotatable bonds is 2. The van der Waals surface area contributed by atoms with E-state index in [0.717, 1.165) is 11.3 Å². The van der Waals surface area contributed by atoms with Crippen LogP contribution in [0.5, 0.6) is 0 Å². The molecule has 1 aliphatic carbocycles. The molecule has 1 aliphatic rings. The Hall–Kier alpha value is -0.690. The predicted octanol–water partition coefficient (Wildman–Crippen LogP) is 2.48. The topological polar surface area (TPSA) is 0 Å². The molecule has 0 saturated heterocycles. The summed E-state index contributed by atoms with van der Waals surface area (Å²) in [6.07, 6.45) is 11.7. The van der Waals surface area contributed by atoms with Crippen molar-refractivity contribution in [3.63, 3.8) is 0 Å². The predicted molar refractivity (Wildman–Crippen MR) is 47.9 cm³/mol.